The molecule has 2 aromatic heterocycles. The van der Waals surface area contributed by atoms with Gasteiger partial charge in [-0.3, -0.25) is 4.99 Å². The molecule has 2 aromatic rings. The molecule has 0 spiro atoms. The van der Waals surface area contributed by atoms with Crippen molar-refractivity contribution in [2.75, 3.05) is 7.05 Å². The molecule has 0 radical (unpaired) electrons. The zero-order valence-electron chi connectivity index (χ0n) is 11.8. The lowest BCUT2D eigenvalue weighted by atomic mass is 10.3. The number of rotatable bonds is 4. The fourth-order valence-electron chi connectivity index (χ4n) is 1.61. The molecule has 0 bridgehead atoms. The zero-order chi connectivity index (χ0) is 13.7. The predicted octanol–water partition coefficient (Wildman–Crippen LogP) is 3.30. The van der Waals surface area contributed by atoms with Gasteiger partial charge < -0.3 is 10.6 Å². The number of guanidine groups is 1. The molecule has 110 valence electrons. The minimum atomic E-state index is 0. The summed E-state index contributed by atoms with van der Waals surface area (Å²) in [5, 5.41) is 9.78. The number of nitrogens with one attached hydrogen (secondary N) is 2. The maximum absolute atomic E-state index is 4.32. The van der Waals surface area contributed by atoms with Crippen molar-refractivity contribution in [1.29, 1.82) is 0 Å². The normalized spacial score (nSPS) is 11.1. The fraction of sp³-hybridized carbons (Fsp3) is 0.385. The molecule has 0 aliphatic heterocycles. The van der Waals surface area contributed by atoms with Crippen LogP contribution < -0.4 is 10.6 Å². The van der Waals surface area contributed by atoms with Gasteiger partial charge in [-0.05, 0) is 30.9 Å². The van der Waals surface area contributed by atoms with Crippen LogP contribution in [0.5, 0.6) is 0 Å². The summed E-state index contributed by atoms with van der Waals surface area (Å²) in [4.78, 5) is 11.1. The van der Waals surface area contributed by atoms with E-state index in [1.807, 2.05) is 6.20 Å². The third kappa shape index (κ3) is 5.02. The van der Waals surface area contributed by atoms with Crippen LogP contribution in [0.25, 0.3) is 0 Å². The molecule has 0 fully saturated rings. The van der Waals surface area contributed by atoms with E-state index in [0.29, 0.717) is 6.54 Å². The molecule has 0 saturated carbocycles. The van der Waals surface area contributed by atoms with E-state index in [0.717, 1.165) is 17.5 Å². The summed E-state index contributed by atoms with van der Waals surface area (Å²) in [6, 6.07) is 2.14. The van der Waals surface area contributed by atoms with Crippen molar-refractivity contribution in [2.45, 2.75) is 26.9 Å². The summed E-state index contributed by atoms with van der Waals surface area (Å²) in [7, 11) is 1.78. The molecule has 2 N–H and O–H groups in total. The van der Waals surface area contributed by atoms with Crippen molar-refractivity contribution in [3.8, 4) is 0 Å². The number of aliphatic imine (C=N–C) groups is 1. The van der Waals surface area contributed by atoms with Crippen LogP contribution in [-0.2, 0) is 13.1 Å². The zero-order valence-corrected chi connectivity index (χ0v) is 15.7. The number of hydrogen-bond acceptors (Lipinski definition) is 4. The van der Waals surface area contributed by atoms with E-state index in [9.17, 15) is 0 Å². The van der Waals surface area contributed by atoms with Crippen molar-refractivity contribution in [2.24, 2.45) is 4.99 Å². The van der Waals surface area contributed by atoms with Crippen molar-refractivity contribution >= 4 is 52.6 Å². The van der Waals surface area contributed by atoms with Gasteiger partial charge in [-0.1, -0.05) is 0 Å². The van der Waals surface area contributed by atoms with E-state index in [1.165, 1.54) is 15.3 Å². The largest absolute Gasteiger partial charge is 0.352 e. The molecule has 0 unspecified atom stereocenters. The van der Waals surface area contributed by atoms with Crippen LogP contribution in [0.1, 0.15) is 20.3 Å². The van der Waals surface area contributed by atoms with Crippen molar-refractivity contribution < 1.29 is 0 Å². The molecule has 0 atom stereocenters. The minimum absolute atomic E-state index is 0. The summed E-state index contributed by atoms with van der Waals surface area (Å²) in [5.41, 5.74) is 1.32. The first-order chi connectivity index (χ1) is 9.19. The summed E-state index contributed by atoms with van der Waals surface area (Å²) >= 11 is 3.47. The van der Waals surface area contributed by atoms with Gasteiger partial charge in [-0.15, -0.1) is 46.7 Å². The van der Waals surface area contributed by atoms with Gasteiger partial charge in [0.15, 0.2) is 5.96 Å². The Balaban J connectivity index is 0.00000200. The third-order valence-electron chi connectivity index (χ3n) is 2.68. The number of thiazole rings is 1. The standard InChI is InChI=1S/C13H18N4S2.HI/c1-9-4-5-18-11(9)7-16-13(14-3)17-8-12-15-6-10(2)19-12;/h4-6H,7-8H2,1-3H3,(H2,14,16,17);1H. The van der Waals surface area contributed by atoms with Crippen LogP contribution in [0.4, 0.5) is 0 Å². The molecular weight excluding hydrogens is 403 g/mol. The topological polar surface area (TPSA) is 49.3 Å². The number of hydrogen-bond donors (Lipinski definition) is 2. The second-order valence-corrected chi connectivity index (χ2v) is 6.49. The van der Waals surface area contributed by atoms with Gasteiger partial charge in [-0.25, -0.2) is 4.98 Å². The number of halogens is 1. The molecule has 2 heterocycles. The Morgan fingerprint density at radius 3 is 2.60 bits per heavy atom. The van der Waals surface area contributed by atoms with Gasteiger partial charge in [0.1, 0.15) is 5.01 Å². The highest BCUT2D eigenvalue weighted by molar-refractivity contribution is 14.0. The van der Waals surface area contributed by atoms with Gasteiger partial charge in [-0.2, -0.15) is 0 Å². The molecule has 20 heavy (non-hydrogen) atoms. The van der Waals surface area contributed by atoms with E-state index < -0.39 is 0 Å². The Hall–Kier alpha value is -0.670. The molecule has 0 saturated heterocycles. The Morgan fingerprint density at radius 1 is 1.30 bits per heavy atom. The second kappa shape index (κ2) is 8.58. The summed E-state index contributed by atoms with van der Waals surface area (Å²) in [6.45, 7) is 5.71. The monoisotopic (exact) mass is 422 g/mol. The smallest absolute Gasteiger partial charge is 0.191 e. The van der Waals surface area contributed by atoms with Crippen LogP contribution >= 0.6 is 46.7 Å². The van der Waals surface area contributed by atoms with Crippen LogP contribution in [0.3, 0.4) is 0 Å². The van der Waals surface area contributed by atoms with Gasteiger partial charge in [0.25, 0.3) is 0 Å². The summed E-state index contributed by atoms with van der Waals surface area (Å²) in [6.07, 6.45) is 1.90. The SMILES string of the molecule is CN=C(NCc1ncc(C)s1)NCc1sccc1C.I. The molecule has 0 amide bonds. The second-order valence-electron chi connectivity index (χ2n) is 4.17. The highest BCUT2D eigenvalue weighted by Gasteiger charge is 2.03. The Morgan fingerprint density at radius 2 is 2.05 bits per heavy atom. The Labute approximate surface area is 144 Å². The van der Waals surface area contributed by atoms with Crippen molar-refractivity contribution in [3.05, 3.63) is 38.0 Å². The van der Waals surface area contributed by atoms with Gasteiger partial charge in [0.2, 0.25) is 0 Å². The van der Waals surface area contributed by atoms with Crippen molar-refractivity contribution in [3.63, 3.8) is 0 Å². The van der Waals surface area contributed by atoms with E-state index >= 15 is 0 Å². The van der Waals surface area contributed by atoms with E-state index in [-0.39, 0.29) is 24.0 Å². The molecule has 0 aliphatic rings. The fourth-order valence-corrected chi connectivity index (χ4v) is 3.18. The van der Waals surface area contributed by atoms with Crippen LogP contribution in [0.2, 0.25) is 0 Å². The number of aryl methyl sites for hydroxylation is 2. The van der Waals surface area contributed by atoms with E-state index in [2.05, 4.69) is 45.9 Å². The van der Waals surface area contributed by atoms with E-state index in [4.69, 9.17) is 0 Å². The lowest BCUT2D eigenvalue weighted by molar-refractivity contribution is 0.809. The van der Waals surface area contributed by atoms with Crippen LogP contribution in [-0.4, -0.2) is 18.0 Å². The Bertz CT molecular complexity index is 562. The average Bonchev–Trinajstić information content (AvgIpc) is 2.99. The lowest BCUT2D eigenvalue weighted by Gasteiger charge is -2.10. The molecule has 2 rings (SSSR count). The number of aromatic nitrogens is 1. The highest BCUT2D eigenvalue weighted by Crippen LogP contribution is 2.14. The van der Waals surface area contributed by atoms with Gasteiger partial charge in [0.05, 0.1) is 13.1 Å². The summed E-state index contributed by atoms with van der Waals surface area (Å²) in [5.74, 6) is 0.806. The average molecular weight is 422 g/mol. The minimum Gasteiger partial charge on any atom is -0.352 e. The van der Waals surface area contributed by atoms with E-state index in [1.54, 1.807) is 29.7 Å². The molecule has 0 aliphatic carbocycles. The predicted molar refractivity (Wildman–Crippen MR) is 98.4 cm³/mol. The molecule has 7 heteroatoms. The quantitative estimate of drug-likeness (QED) is 0.452. The molecule has 0 aromatic carbocycles. The first-order valence-corrected chi connectivity index (χ1v) is 7.77. The molecular formula is C13H19IN4S2. The first-order valence-electron chi connectivity index (χ1n) is 6.08. The summed E-state index contributed by atoms with van der Waals surface area (Å²) < 4.78 is 0. The Kier molecular flexibility index (Phi) is 7.46. The first kappa shape index (κ1) is 17.4. The van der Waals surface area contributed by atoms with Gasteiger partial charge >= 0.3 is 0 Å². The van der Waals surface area contributed by atoms with Crippen molar-refractivity contribution in [1.82, 2.24) is 15.6 Å². The van der Waals surface area contributed by atoms with Crippen LogP contribution in [0, 0.1) is 13.8 Å². The number of nitrogens with zero attached hydrogens (tertiary/aromatic N) is 2. The molecule has 4 nitrogen and oxygen atoms in total. The number of thiophene rings is 1. The van der Waals surface area contributed by atoms with Gasteiger partial charge in [0, 0.05) is 23.0 Å². The maximum Gasteiger partial charge on any atom is 0.191 e. The maximum atomic E-state index is 4.32. The highest BCUT2D eigenvalue weighted by atomic mass is 127. The van der Waals surface area contributed by atoms with Crippen LogP contribution in [0.15, 0.2) is 22.6 Å². The third-order valence-corrected chi connectivity index (χ3v) is 4.62. The lowest BCUT2D eigenvalue weighted by Crippen LogP contribution is -2.36.